The topological polar surface area (TPSA) is 75.3 Å². The highest BCUT2D eigenvalue weighted by Gasteiger charge is 2.29. The number of carbonyl (C=O) groups is 1. The number of rotatable bonds is 6. The first kappa shape index (κ1) is 18.7. The van der Waals surface area contributed by atoms with Crippen LogP contribution < -0.4 is 10.6 Å². The summed E-state index contributed by atoms with van der Waals surface area (Å²) >= 11 is 0. The van der Waals surface area contributed by atoms with Crippen molar-refractivity contribution in [2.24, 2.45) is 0 Å². The fraction of sp³-hybridized carbons (Fsp3) is 0.0952. The monoisotopic (exact) mass is 380 g/mol. The minimum Gasteiger partial charge on any atom is -0.336 e. The van der Waals surface area contributed by atoms with E-state index in [1.165, 1.54) is 0 Å². The molecule has 0 spiro atoms. The zero-order valence-corrected chi connectivity index (χ0v) is 15.4. The molecule has 2 N–H and O–H groups in total. The molecule has 1 atom stereocenters. The second-order valence-electron chi connectivity index (χ2n) is 5.96. The highest BCUT2D eigenvalue weighted by molar-refractivity contribution is 7.91. The molecule has 3 rings (SSSR count). The average molecular weight is 380 g/mol. The molecule has 0 bridgehead atoms. The Balaban J connectivity index is 1.80. The molecule has 0 aliphatic rings. The normalized spacial score (nSPS) is 12.1. The van der Waals surface area contributed by atoms with Crippen molar-refractivity contribution >= 4 is 21.6 Å². The molecule has 3 aromatic carbocycles. The summed E-state index contributed by atoms with van der Waals surface area (Å²) in [6.07, 6.45) is 0. The number of para-hydroxylation sites is 1. The molecule has 3 aromatic rings. The van der Waals surface area contributed by atoms with Gasteiger partial charge in [0.25, 0.3) is 0 Å². The van der Waals surface area contributed by atoms with E-state index in [9.17, 15) is 13.2 Å². The number of amides is 2. The largest absolute Gasteiger partial charge is 0.336 e. The van der Waals surface area contributed by atoms with Crippen molar-refractivity contribution in [1.29, 1.82) is 0 Å². The van der Waals surface area contributed by atoms with Crippen LogP contribution in [0.3, 0.4) is 0 Å². The van der Waals surface area contributed by atoms with Crippen LogP contribution in [0.4, 0.5) is 10.5 Å². The van der Waals surface area contributed by atoms with E-state index >= 15 is 0 Å². The molecule has 27 heavy (non-hydrogen) atoms. The van der Waals surface area contributed by atoms with Gasteiger partial charge in [0.2, 0.25) is 0 Å². The summed E-state index contributed by atoms with van der Waals surface area (Å²) in [7, 11) is -3.67. The summed E-state index contributed by atoms with van der Waals surface area (Å²) in [5.41, 5.74) is 1.26. The van der Waals surface area contributed by atoms with Crippen LogP contribution in [0.25, 0.3) is 0 Å². The number of sulfone groups is 1. The van der Waals surface area contributed by atoms with Gasteiger partial charge in [0.05, 0.1) is 4.90 Å². The summed E-state index contributed by atoms with van der Waals surface area (Å²) in [6, 6.07) is 25.7. The van der Waals surface area contributed by atoms with E-state index in [0.717, 1.165) is 0 Å². The Morgan fingerprint density at radius 3 is 1.89 bits per heavy atom. The highest BCUT2D eigenvalue weighted by Crippen LogP contribution is 2.28. The van der Waals surface area contributed by atoms with Gasteiger partial charge in [0.1, 0.15) is 5.25 Å². The van der Waals surface area contributed by atoms with E-state index in [1.807, 2.05) is 24.3 Å². The molecule has 0 unspecified atom stereocenters. The number of anilines is 1. The fourth-order valence-electron chi connectivity index (χ4n) is 2.73. The Bertz CT molecular complexity index is 976. The van der Waals surface area contributed by atoms with Gasteiger partial charge in [0, 0.05) is 12.2 Å². The van der Waals surface area contributed by atoms with Crippen molar-refractivity contribution in [1.82, 2.24) is 5.32 Å². The number of carbonyl (C=O) groups excluding carboxylic acids is 1. The zero-order valence-electron chi connectivity index (χ0n) is 14.6. The predicted octanol–water partition coefficient (Wildman–Crippen LogP) is 4.02. The Morgan fingerprint density at radius 2 is 1.30 bits per heavy atom. The van der Waals surface area contributed by atoms with E-state index in [0.29, 0.717) is 11.3 Å². The Labute approximate surface area is 159 Å². The molecule has 0 aliphatic carbocycles. The maximum absolute atomic E-state index is 13.1. The van der Waals surface area contributed by atoms with Gasteiger partial charge >= 0.3 is 6.03 Å². The van der Waals surface area contributed by atoms with Crippen LogP contribution in [0.1, 0.15) is 10.8 Å². The van der Waals surface area contributed by atoms with Crippen LogP contribution in [0.15, 0.2) is 95.9 Å². The standard InChI is InChI=1S/C21H20N2O3S/c24-21(23-18-12-6-2-7-13-18)22-16-20(17-10-4-1-5-11-17)27(25,26)19-14-8-3-9-15-19/h1-15,20H,16H2,(H2,22,23,24)/t20-/m1/s1. The molecule has 0 saturated heterocycles. The first-order valence-corrected chi connectivity index (χ1v) is 10.1. The Hall–Kier alpha value is -3.12. The van der Waals surface area contributed by atoms with Gasteiger partial charge in [-0.25, -0.2) is 13.2 Å². The molecule has 0 heterocycles. The summed E-state index contributed by atoms with van der Waals surface area (Å²) in [4.78, 5) is 12.4. The molecule has 0 aliphatic heterocycles. The quantitative estimate of drug-likeness (QED) is 0.678. The zero-order chi connectivity index (χ0) is 19.1. The van der Waals surface area contributed by atoms with Crippen molar-refractivity contribution < 1.29 is 13.2 Å². The smallest absolute Gasteiger partial charge is 0.319 e. The van der Waals surface area contributed by atoms with E-state index < -0.39 is 21.1 Å². The minimum atomic E-state index is -3.67. The van der Waals surface area contributed by atoms with E-state index in [1.54, 1.807) is 66.7 Å². The van der Waals surface area contributed by atoms with E-state index in [-0.39, 0.29) is 11.4 Å². The lowest BCUT2D eigenvalue weighted by atomic mass is 10.1. The van der Waals surface area contributed by atoms with Crippen LogP contribution in [0.2, 0.25) is 0 Å². The number of nitrogens with one attached hydrogen (secondary N) is 2. The molecular weight excluding hydrogens is 360 g/mol. The molecule has 6 heteroatoms. The summed E-state index contributed by atoms with van der Waals surface area (Å²) in [6.45, 7) is -0.0418. The van der Waals surface area contributed by atoms with Gasteiger partial charge in [-0.05, 0) is 29.8 Å². The molecule has 138 valence electrons. The van der Waals surface area contributed by atoms with Crippen molar-refractivity contribution in [3.8, 4) is 0 Å². The minimum absolute atomic E-state index is 0.0418. The van der Waals surface area contributed by atoms with Gasteiger partial charge in [-0.2, -0.15) is 0 Å². The summed E-state index contributed by atoms with van der Waals surface area (Å²) in [5, 5.41) is 4.49. The lowest BCUT2D eigenvalue weighted by Crippen LogP contribution is -2.34. The van der Waals surface area contributed by atoms with Crippen molar-refractivity contribution in [3.05, 3.63) is 96.6 Å². The molecule has 0 aromatic heterocycles. The molecule has 5 nitrogen and oxygen atoms in total. The second-order valence-corrected chi connectivity index (χ2v) is 8.09. The van der Waals surface area contributed by atoms with Crippen molar-refractivity contribution in [3.63, 3.8) is 0 Å². The third-order valence-corrected chi connectivity index (χ3v) is 6.21. The van der Waals surface area contributed by atoms with Gasteiger partial charge in [-0.1, -0.05) is 66.7 Å². The SMILES string of the molecule is O=C(NC[C@H](c1ccccc1)S(=O)(=O)c1ccccc1)Nc1ccccc1. The van der Waals surface area contributed by atoms with Gasteiger partial charge in [0.15, 0.2) is 9.84 Å². The van der Waals surface area contributed by atoms with Crippen molar-refractivity contribution in [2.75, 3.05) is 11.9 Å². The molecule has 0 fully saturated rings. The second kappa shape index (κ2) is 8.51. The maximum atomic E-state index is 13.1. The number of hydrogen-bond donors (Lipinski definition) is 2. The van der Waals surface area contributed by atoms with Gasteiger partial charge in [-0.3, -0.25) is 0 Å². The van der Waals surface area contributed by atoms with Crippen LogP contribution in [-0.2, 0) is 9.84 Å². The third-order valence-electron chi connectivity index (χ3n) is 4.10. The van der Waals surface area contributed by atoms with Crippen LogP contribution in [0, 0.1) is 0 Å². The molecule has 0 radical (unpaired) electrons. The number of urea groups is 1. The maximum Gasteiger partial charge on any atom is 0.319 e. The molecule has 2 amide bonds. The highest BCUT2D eigenvalue weighted by atomic mass is 32.2. The van der Waals surface area contributed by atoms with Crippen LogP contribution >= 0.6 is 0 Å². The van der Waals surface area contributed by atoms with Gasteiger partial charge < -0.3 is 10.6 Å². The van der Waals surface area contributed by atoms with Gasteiger partial charge in [-0.15, -0.1) is 0 Å². The number of hydrogen-bond acceptors (Lipinski definition) is 3. The lowest BCUT2D eigenvalue weighted by molar-refractivity contribution is 0.252. The van der Waals surface area contributed by atoms with Crippen LogP contribution in [-0.4, -0.2) is 21.0 Å². The van der Waals surface area contributed by atoms with Crippen molar-refractivity contribution in [2.45, 2.75) is 10.1 Å². The molecule has 0 saturated carbocycles. The Morgan fingerprint density at radius 1 is 0.778 bits per heavy atom. The average Bonchev–Trinajstić information content (AvgIpc) is 2.70. The first-order chi connectivity index (χ1) is 13.1. The van der Waals surface area contributed by atoms with E-state index in [4.69, 9.17) is 0 Å². The lowest BCUT2D eigenvalue weighted by Gasteiger charge is -2.19. The van der Waals surface area contributed by atoms with Crippen LogP contribution in [0.5, 0.6) is 0 Å². The Kier molecular flexibility index (Phi) is 5.88. The predicted molar refractivity (Wildman–Crippen MR) is 106 cm³/mol. The third kappa shape index (κ3) is 4.74. The summed E-state index contributed by atoms with van der Waals surface area (Å²) < 4.78 is 26.3. The fourth-order valence-corrected chi connectivity index (χ4v) is 4.41. The number of benzene rings is 3. The molecular formula is C21H20N2O3S. The van der Waals surface area contributed by atoms with E-state index in [2.05, 4.69) is 10.6 Å². The summed E-state index contributed by atoms with van der Waals surface area (Å²) in [5.74, 6) is 0. The first-order valence-electron chi connectivity index (χ1n) is 8.51.